The molecule has 1 fully saturated rings. The molecule has 0 aromatic heterocycles. The Bertz CT molecular complexity index is 920. The quantitative estimate of drug-likeness (QED) is 0.826. The molecule has 3 heterocycles. The largest absolute Gasteiger partial charge is 0.493 e. The van der Waals surface area contributed by atoms with Crippen LogP contribution in [0.3, 0.4) is 0 Å². The smallest absolute Gasteiger partial charge is 0.183 e. The van der Waals surface area contributed by atoms with Crippen LogP contribution in [0.2, 0.25) is 5.02 Å². The van der Waals surface area contributed by atoms with E-state index in [0.717, 1.165) is 59.3 Å². The lowest BCUT2D eigenvalue weighted by molar-refractivity contribution is -0.158. The molecular weight excluding hydrogens is 374 g/mol. The maximum atomic E-state index is 6.71. The lowest BCUT2D eigenvalue weighted by Crippen LogP contribution is -2.63. The predicted octanol–water partition coefficient (Wildman–Crippen LogP) is 4.07. The Labute approximate surface area is 170 Å². The van der Waals surface area contributed by atoms with Crippen molar-refractivity contribution < 1.29 is 9.47 Å². The molecule has 1 N–H and O–H groups in total. The van der Waals surface area contributed by atoms with E-state index in [1.165, 1.54) is 0 Å². The van der Waals surface area contributed by atoms with E-state index in [-0.39, 0.29) is 6.04 Å². The van der Waals surface area contributed by atoms with Gasteiger partial charge in [-0.2, -0.15) is 5.01 Å². The minimum Gasteiger partial charge on any atom is -0.493 e. The van der Waals surface area contributed by atoms with E-state index in [2.05, 4.69) is 34.5 Å². The van der Waals surface area contributed by atoms with Crippen molar-refractivity contribution in [3.05, 3.63) is 64.7 Å². The highest BCUT2D eigenvalue weighted by Gasteiger charge is 2.52. The minimum atomic E-state index is -0.399. The van der Waals surface area contributed by atoms with E-state index < -0.39 is 5.72 Å². The topological polar surface area (TPSA) is 37.0 Å². The molecule has 146 valence electrons. The summed E-state index contributed by atoms with van der Waals surface area (Å²) in [5.41, 5.74) is 6.58. The molecule has 1 unspecified atom stereocenters. The number of para-hydroxylation sites is 1. The van der Waals surface area contributed by atoms with E-state index in [1.807, 2.05) is 36.4 Å². The first-order chi connectivity index (χ1) is 13.6. The Hall–Kier alpha value is -2.21. The molecule has 0 amide bonds. The molecule has 5 rings (SSSR count). The Balaban J connectivity index is 1.60. The number of piperidine rings is 1. The zero-order valence-electron chi connectivity index (χ0n) is 16.1. The second-order valence-corrected chi connectivity index (χ2v) is 8.18. The average Bonchev–Trinajstić information content (AvgIpc) is 3.17. The molecule has 2 aromatic carbocycles. The molecule has 1 atom stereocenters. The number of ether oxygens (including phenoxy) is 2. The average molecular weight is 398 g/mol. The number of nitrogens with one attached hydrogen (secondary N) is 1. The van der Waals surface area contributed by atoms with Gasteiger partial charge in [0.15, 0.2) is 17.2 Å². The first-order valence-electron chi connectivity index (χ1n) is 9.68. The van der Waals surface area contributed by atoms with E-state index >= 15 is 0 Å². The number of benzene rings is 2. The van der Waals surface area contributed by atoms with Crippen molar-refractivity contribution in [1.29, 1.82) is 0 Å². The summed E-state index contributed by atoms with van der Waals surface area (Å²) in [6, 6.07) is 14.2. The summed E-state index contributed by atoms with van der Waals surface area (Å²) in [6.45, 7) is 1.98. The zero-order chi connectivity index (χ0) is 19.3. The zero-order valence-corrected chi connectivity index (χ0v) is 16.9. The third-order valence-electron chi connectivity index (χ3n) is 6.05. The van der Waals surface area contributed by atoms with E-state index in [0.29, 0.717) is 0 Å². The van der Waals surface area contributed by atoms with Crippen LogP contribution in [0.4, 0.5) is 0 Å². The summed E-state index contributed by atoms with van der Waals surface area (Å²) < 4.78 is 12.3. The number of hydrazine groups is 1. The number of hydrogen-bond acceptors (Lipinski definition) is 5. The Kier molecular flexibility index (Phi) is 4.27. The van der Waals surface area contributed by atoms with Gasteiger partial charge in [-0.3, -0.25) is 0 Å². The lowest BCUT2D eigenvalue weighted by Gasteiger charge is -2.51. The van der Waals surface area contributed by atoms with Gasteiger partial charge in [-0.05, 0) is 36.9 Å². The molecule has 3 aliphatic rings. The van der Waals surface area contributed by atoms with Crippen LogP contribution in [0.25, 0.3) is 5.70 Å². The first kappa shape index (κ1) is 17.9. The maximum absolute atomic E-state index is 6.71. The number of likely N-dealkylation sites (tertiary alicyclic amines) is 1. The molecule has 0 bridgehead atoms. The van der Waals surface area contributed by atoms with Crippen LogP contribution in [-0.4, -0.2) is 42.9 Å². The summed E-state index contributed by atoms with van der Waals surface area (Å²) in [5, 5.41) is 3.04. The Morgan fingerprint density at radius 2 is 1.89 bits per heavy atom. The third kappa shape index (κ3) is 2.77. The monoisotopic (exact) mass is 397 g/mol. The third-order valence-corrected chi connectivity index (χ3v) is 6.30. The van der Waals surface area contributed by atoms with Gasteiger partial charge in [0.2, 0.25) is 0 Å². The van der Waals surface area contributed by atoms with Crippen molar-refractivity contribution in [3.63, 3.8) is 0 Å². The molecule has 6 heteroatoms. The number of fused-ring (bicyclic) bond motifs is 4. The molecule has 0 saturated carbocycles. The fourth-order valence-electron chi connectivity index (χ4n) is 4.43. The number of methoxy groups -OCH3 is 1. The fourth-order valence-corrected chi connectivity index (χ4v) is 4.56. The van der Waals surface area contributed by atoms with Crippen LogP contribution in [0.15, 0.2) is 48.5 Å². The number of nitrogens with zero attached hydrogens (tertiary/aromatic N) is 2. The van der Waals surface area contributed by atoms with Crippen LogP contribution in [0.5, 0.6) is 11.5 Å². The van der Waals surface area contributed by atoms with Gasteiger partial charge in [0.05, 0.1) is 18.8 Å². The minimum absolute atomic E-state index is 0.0907. The van der Waals surface area contributed by atoms with Gasteiger partial charge in [-0.1, -0.05) is 35.9 Å². The highest BCUT2D eigenvalue weighted by Crippen LogP contribution is 2.51. The van der Waals surface area contributed by atoms with Crippen molar-refractivity contribution >= 4 is 17.3 Å². The van der Waals surface area contributed by atoms with Gasteiger partial charge >= 0.3 is 0 Å². The van der Waals surface area contributed by atoms with Crippen molar-refractivity contribution in [2.75, 3.05) is 27.2 Å². The maximum Gasteiger partial charge on any atom is 0.183 e. The van der Waals surface area contributed by atoms with Crippen LogP contribution in [0.1, 0.15) is 30.0 Å². The SMILES string of the molecule is COc1cccc2c1OC1(CCN(C)CC1)N1NC(c3ccc(Cl)cc3)=CC21. The highest BCUT2D eigenvalue weighted by atomic mass is 35.5. The molecular formula is C22H24ClN3O2. The summed E-state index contributed by atoms with van der Waals surface area (Å²) in [5.74, 6) is 1.66. The van der Waals surface area contributed by atoms with Crippen LogP contribution < -0.4 is 14.9 Å². The molecule has 5 nitrogen and oxygen atoms in total. The second kappa shape index (κ2) is 6.69. The van der Waals surface area contributed by atoms with E-state index in [4.69, 9.17) is 21.1 Å². The standard InChI is InChI=1S/C22H24ClN3O2/c1-25-12-10-22(11-13-25)26-19(17-4-3-5-20(27-2)21(17)28-22)14-18(24-26)15-6-8-16(23)9-7-15/h3-9,14,19,24H,10-13H2,1-2H3. The summed E-state index contributed by atoms with van der Waals surface area (Å²) in [6.07, 6.45) is 4.13. The van der Waals surface area contributed by atoms with Gasteiger partial charge in [-0.15, -0.1) is 0 Å². The van der Waals surface area contributed by atoms with Crippen molar-refractivity contribution in [3.8, 4) is 11.5 Å². The van der Waals surface area contributed by atoms with Crippen molar-refractivity contribution in [2.45, 2.75) is 24.6 Å². The van der Waals surface area contributed by atoms with Gasteiger partial charge in [-0.25, -0.2) is 0 Å². The van der Waals surface area contributed by atoms with Gasteiger partial charge < -0.3 is 19.8 Å². The fraction of sp³-hybridized carbons (Fsp3) is 0.364. The molecule has 0 aliphatic carbocycles. The molecule has 28 heavy (non-hydrogen) atoms. The molecule has 1 saturated heterocycles. The molecule has 3 aliphatic heterocycles. The Morgan fingerprint density at radius 3 is 2.61 bits per heavy atom. The molecule has 2 aromatic rings. The summed E-state index contributed by atoms with van der Waals surface area (Å²) in [7, 11) is 3.87. The van der Waals surface area contributed by atoms with Crippen LogP contribution in [0, 0.1) is 0 Å². The molecule has 1 spiro atoms. The summed E-state index contributed by atoms with van der Waals surface area (Å²) in [4.78, 5) is 2.35. The number of hydrogen-bond donors (Lipinski definition) is 1. The Morgan fingerprint density at radius 1 is 1.14 bits per heavy atom. The van der Waals surface area contributed by atoms with Crippen molar-refractivity contribution in [2.24, 2.45) is 0 Å². The van der Waals surface area contributed by atoms with Gasteiger partial charge in [0, 0.05) is 36.5 Å². The van der Waals surface area contributed by atoms with Crippen LogP contribution >= 0.6 is 11.6 Å². The lowest BCUT2D eigenvalue weighted by atomic mass is 9.92. The number of halogens is 1. The van der Waals surface area contributed by atoms with Crippen molar-refractivity contribution in [1.82, 2.24) is 15.3 Å². The predicted molar refractivity (Wildman–Crippen MR) is 110 cm³/mol. The number of rotatable bonds is 2. The second-order valence-electron chi connectivity index (χ2n) is 7.74. The van der Waals surface area contributed by atoms with E-state index in [1.54, 1.807) is 7.11 Å². The first-order valence-corrected chi connectivity index (χ1v) is 10.1. The molecule has 0 radical (unpaired) electrons. The summed E-state index contributed by atoms with van der Waals surface area (Å²) >= 11 is 6.08. The van der Waals surface area contributed by atoms with E-state index in [9.17, 15) is 0 Å². The van der Waals surface area contributed by atoms with Gasteiger partial charge in [0.1, 0.15) is 0 Å². The van der Waals surface area contributed by atoms with Crippen LogP contribution in [-0.2, 0) is 0 Å². The van der Waals surface area contributed by atoms with Gasteiger partial charge in [0.25, 0.3) is 0 Å². The normalized spacial score (nSPS) is 23.4. The highest BCUT2D eigenvalue weighted by molar-refractivity contribution is 6.30.